The van der Waals surface area contributed by atoms with Crippen LogP contribution < -0.4 is 4.74 Å². The zero-order valence-corrected chi connectivity index (χ0v) is 17.3. The Morgan fingerprint density at radius 3 is 2.97 bits per heavy atom. The summed E-state index contributed by atoms with van der Waals surface area (Å²) in [4.78, 5) is 6.73. The Morgan fingerprint density at radius 2 is 2.14 bits per heavy atom. The SMILES string of the molecule is Cc1nc(CN2CCOc3c(Cl)cc(-n4ccc5cc(F)ccc54)cc3C2)ns1. The highest BCUT2D eigenvalue weighted by Crippen LogP contribution is 2.35. The van der Waals surface area contributed by atoms with Gasteiger partial charge in [0, 0.05) is 35.9 Å². The summed E-state index contributed by atoms with van der Waals surface area (Å²) < 4.78 is 25.9. The Labute approximate surface area is 176 Å². The van der Waals surface area contributed by atoms with Gasteiger partial charge in [-0.15, -0.1) is 0 Å². The summed E-state index contributed by atoms with van der Waals surface area (Å²) in [5, 5.41) is 2.39. The second-order valence-corrected chi connectivity index (χ2v) is 8.46. The molecule has 0 amide bonds. The lowest BCUT2D eigenvalue weighted by Crippen LogP contribution is -2.25. The van der Waals surface area contributed by atoms with Crippen molar-refractivity contribution in [3.05, 3.63) is 69.8 Å². The molecular weight excluding hydrogens is 411 g/mol. The number of ether oxygens (including phenoxy) is 1. The minimum Gasteiger partial charge on any atom is -0.490 e. The molecule has 0 aliphatic carbocycles. The average Bonchev–Trinajstić information content (AvgIpc) is 3.22. The Kier molecular flexibility index (Phi) is 4.73. The zero-order valence-electron chi connectivity index (χ0n) is 15.7. The highest BCUT2D eigenvalue weighted by atomic mass is 35.5. The van der Waals surface area contributed by atoms with Gasteiger partial charge < -0.3 is 9.30 Å². The van der Waals surface area contributed by atoms with E-state index in [0.717, 1.165) is 45.3 Å². The van der Waals surface area contributed by atoms with E-state index in [2.05, 4.69) is 20.3 Å². The molecule has 0 atom stereocenters. The number of halogens is 2. The predicted molar refractivity (Wildman–Crippen MR) is 112 cm³/mol. The first-order chi connectivity index (χ1) is 14.1. The molecule has 1 aliphatic heterocycles. The van der Waals surface area contributed by atoms with Gasteiger partial charge in [-0.05, 0) is 54.9 Å². The van der Waals surface area contributed by atoms with E-state index in [4.69, 9.17) is 16.3 Å². The third-order valence-electron chi connectivity index (χ3n) is 5.02. The third kappa shape index (κ3) is 3.61. The minimum absolute atomic E-state index is 0.245. The summed E-state index contributed by atoms with van der Waals surface area (Å²) in [5.41, 5.74) is 2.86. The fourth-order valence-corrected chi connectivity index (χ4v) is 4.50. The first-order valence-electron chi connectivity index (χ1n) is 9.30. The van der Waals surface area contributed by atoms with Gasteiger partial charge in [-0.1, -0.05) is 11.6 Å². The smallest absolute Gasteiger partial charge is 0.156 e. The maximum atomic E-state index is 13.5. The summed E-state index contributed by atoms with van der Waals surface area (Å²) in [6.07, 6.45) is 1.93. The van der Waals surface area contributed by atoms with Crippen LogP contribution in [0.2, 0.25) is 5.02 Å². The highest BCUT2D eigenvalue weighted by Gasteiger charge is 2.21. The lowest BCUT2D eigenvalue weighted by Gasteiger charge is -2.18. The van der Waals surface area contributed by atoms with Crippen molar-refractivity contribution in [3.8, 4) is 11.4 Å². The molecule has 0 N–H and O–H groups in total. The fraction of sp³-hybridized carbons (Fsp3) is 0.238. The third-order valence-corrected chi connectivity index (χ3v) is 5.96. The summed E-state index contributed by atoms with van der Waals surface area (Å²) in [6.45, 7) is 4.64. The number of aryl methyl sites for hydroxylation is 1. The van der Waals surface area contributed by atoms with Gasteiger partial charge in [0.25, 0.3) is 0 Å². The molecule has 2 aromatic heterocycles. The Hall–Kier alpha value is -2.48. The van der Waals surface area contributed by atoms with E-state index in [9.17, 15) is 4.39 Å². The maximum Gasteiger partial charge on any atom is 0.156 e. The normalized spacial score (nSPS) is 14.6. The topological polar surface area (TPSA) is 43.2 Å². The first-order valence-corrected chi connectivity index (χ1v) is 10.5. The molecule has 0 saturated carbocycles. The standard InChI is InChI=1S/C21H18ClFN4OS/c1-13-24-20(25-29-13)12-26-6-7-28-21-15(11-26)9-17(10-18(21)22)27-5-4-14-8-16(23)2-3-19(14)27/h2-5,8-10H,6-7,11-12H2,1H3. The van der Waals surface area contributed by atoms with Crippen LogP contribution >= 0.6 is 23.1 Å². The molecule has 0 fully saturated rings. The molecule has 1 aliphatic rings. The van der Waals surface area contributed by atoms with Crippen LogP contribution in [0.5, 0.6) is 5.75 Å². The molecule has 0 bridgehead atoms. The van der Waals surface area contributed by atoms with Gasteiger partial charge in [-0.25, -0.2) is 9.37 Å². The molecular formula is C21H18ClFN4OS. The van der Waals surface area contributed by atoms with E-state index in [-0.39, 0.29) is 5.82 Å². The maximum absolute atomic E-state index is 13.5. The van der Waals surface area contributed by atoms with Crippen molar-refractivity contribution in [1.82, 2.24) is 18.8 Å². The number of aromatic nitrogens is 3. The second kappa shape index (κ2) is 7.40. The number of hydrogen-bond acceptors (Lipinski definition) is 5. The Balaban J connectivity index is 1.51. The molecule has 2 aromatic carbocycles. The predicted octanol–water partition coefficient (Wildman–Crippen LogP) is 4.98. The number of fused-ring (bicyclic) bond motifs is 2. The van der Waals surface area contributed by atoms with Crippen molar-refractivity contribution >= 4 is 34.0 Å². The van der Waals surface area contributed by atoms with Crippen LogP contribution in [0.15, 0.2) is 42.6 Å². The van der Waals surface area contributed by atoms with Gasteiger partial charge in [-0.3, -0.25) is 4.90 Å². The minimum atomic E-state index is -0.245. The van der Waals surface area contributed by atoms with E-state index in [1.54, 1.807) is 6.07 Å². The number of benzene rings is 2. The molecule has 0 spiro atoms. The van der Waals surface area contributed by atoms with Crippen molar-refractivity contribution in [2.75, 3.05) is 13.2 Å². The van der Waals surface area contributed by atoms with Gasteiger partial charge in [0.2, 0.25) is 0 Å². The summed E-state index contributed by atoms with van der Waals surface area (Å²) in [5.74, 6) is 1.31. The molecule has 5 rings (SSSR count). The van der Waals surface area contributed by atoms with Crippen molar-refractivity contribution in [2.45, 2.75) is 20.0 Å². The van der Waals surface area contributed by atoms with Crippen LogP contribution in [0, 0.1) is 12.7 Å². The molecule has 3 heterocycles. The quantitative estimate of drug-likeness (QED) is 0.461. The highest BCUT2D eigenvalue weighted by molar-refractivity contribution is 7.05. The monoisotopic (exact) mass is 428 g/mol. The summed E-state index contributed by atoms with van der Waals surface area (Å²) in [6, 6.07) is 10.7. The Morgan fingerprint density at radius 1 is 1.24 bits per heavy atom. The molecule has 0 saturated heterocycles. The number of rotatable bonds is 3. The molecule has 0 unspecified atom stereocenters. The fourth-order valence-electron chi connectivity index (χ4n) is 3.73. The van der Waals surface area contributed by atoms with E-state index in [1.165, 1.54) is 23.7 Å². The van der Waals surface area contributed by atoms with E-state index in [1.807, 2.05) is 29.8 Å². The lowest BCUT2D eigenvalue weighted by atomic mass is 10.1. The van der Waals surface area contributed by atoms with Crippen molar-refractivity contribution in [1.29, 1.82) is 0 Å². The molecule has 148 valence electrons. The summed E-state index contributed by atoms with van der Waals surface area (Å²) >= 11 is 8.00. The molecule has 0 radical (unpaired) electrons. The average molecular weight is 429 g/mol. The van der Waals surface area contributed by atoms with Gasteiger partial charge in [0.1, 0.15) is 23.2 Å². The van der Waals surface area contributed by atoms with Crippen molar-refractivity contribution in [2.24, 2.45) is 0 Å². The van der Waals surface area contributed by atoms with Crippen LogP contribution in [-0.4, -0.2) is 32.0 Å². The van der Waals surface area contributed by atoms with Crippen LogP contribution in [0.25, 0.3) is 16.6 Å². The van der Waals surface area contributed by atoms with Crippen LogP contribution in [0.3, 0.4) is 0 Å². The van der Waals surface area contributed by atoms with Crippen molar-refractivity contribution in [3.63, 3.8) is 0 Å². The molecule has 8 heteroatoms. The van der Waals surface area contributed by atoms with E-state index < -0.39 is 0 Å². The van der Waals surface area contributed by atoms with Crippen LogP contribution in [0.1, 0.15) is 16.4 Å². The van der Waals surface area contributed by atoms with Gasteiger partial charge in [0.15, 0.2) is 5.82 Å². The first kappa shape index (κ1) is 18.5. The van der Waals surface area contributed by atoms with E-state index in [0.29, 0.717) is 24.7 Å². The van der Waals surface area contributed by atoms with Gasteiger partial charge in [-0.2, -0.15) is 4.37 Å². The molecule has 4 aromatic rings. The van der Waals surface area contributed by atoms with Gasteiger partial charge in [0.05, 0.1) is 17.1 Å². The lowest BCUT2D eigenvalue weighted by molar-refractivity contribution is 0.216. The van der Waals surface area contributed by atoms with Crippen molar-refractivity contribution < 1.29 is 9.13 Å². The molecule has 5 nitrogen and oxygen atoms in total. The van der Waals surface area contributed by atoms with Crippen LogP contribution in [0.4, 0.5) is 4.39 Å². The molecule has 29 heavy (non-hydrogen) atoms. The van der Waals surface area contributed by atoms with Gasteiger partial charge >= 0.3 is 0 Å². The largest absolute Gasteiger partial charge is 0.490 e. The summed E-state index contributed by atoms with van der Waals surface area (Å²) in [7, 11) is 0. The van der Waals surface area contributed by atoms with Crippen LogP contribution in [-0.2, 0) is 13.1 Å². The Bertz CT molecular complexity index is 1200. The van der Waals surface area contributed by atoms with E-state index >= 15 is 0 Å². The number of hydrogen-bond donors (Lipinski definition) is 0. The number of nitrogens with zero attached hydrogens (tertiary/aromatic N) is 4. The zero-order chi connectivity index (χ0) is 20.0. The second-order valence-electron chi connectivity index (χ2n) is 7.09.